The van der Waals surface area contributed by atoms with Crippen molar-refractivity contribution in [2.24, 2.45) is 4.99 Å². The monoisotopic (exact) mass is 275 g/mol. The molecule has 1 fully saturated rings. The van der Waals surface area contributed by atoms with Crippen molar-refractivity contribution >= 4 is 22.8 Å². The summed E-state index contributed by atoms with van der Waals surface area (Å²) in [5.74, 6) is -0.762. The zero-order valence-corrected chi connectivity index (χ0v) is 11.1. The lowest BCUT2D eigenvalue weighted by Crippen LogP contribution is -2.28. The molecule has 0 saturated carbocycles. The van der Waals surface area contributed by atoms with E-state index in [0.717, 1.165) is 10.9 Å². The van der Waals surface area contributed by atoms with E-state index in [4.69, 9.17) is 4.74 Å². The number of rotatable bonds is 2. The van der Waals surface area contributed by atoms with Crippen molar-refractivity contribution < 1.29 is 13.9 Å². The van der Waals surface area contributed by atoms with Crippen LogP contribution in [0.5, 0.6) is 0 Å². The van der Waals surface area contributed by atoms with E-state index >= 15 is 0 Å². The highest BCUT2D eigenvalue weighted by molar-refractivity contribution is 6.02. The molecule has 3 rings (SSSR count). The standard InChI is InChI=1S/C14H14FN3O2/c1-7(12-13(19)18-14(16-2)20-12)9-6-17-11-8(9)4-3-5-10(11)15/h3-7,12,17H,1-2H3,(H,16,18,19)/t7-,12+/m0/s1. The van der Waals surface area contributed by atoms with E-state index < -0.39 is 6.10 Å². The molecule has 20 heavy (non-hydrogen) atoms. The SMILES string of the molecule is CN=C1NC(=O)[C@@H]([C@@H](C)c2c[nH]c3c(F)cccc23)O1. The van der Waals surface area contributed by atoms with Gasteiger partial charge in [-0.25, -0.2) is 9.38 Å². The van der Waals surface area contributed by atoms with Crippen LogP contribution in [-0.4, -0.2) is 30.1 Å². The second-order valence-electron chi connectivity index (χ2n) is 4.75. The highest BCUT2D eigenvalue weighted by Gasteiger charge is 2.36. The van der Waals surface area contributed by atoms with E-state index in [9.17, 15) is 9.18 Å². The van der Waals surface area contributed by atoms with E-state index in [-0.39, 0.29) is 23.7 Å². The van der Waals surface area contributed by atoms with Crippen LogP contribution in [0.15, 0.2) is 29.4 Å². The zero-order chi connectivity index (χ0) is 14.3. The van der Waals surface area contributed by atoms with Gasteiger partial charge in [-0.1, -0.05) is 19.1 Å². The molecule has 2 aromatic rings. The molecule has 6 heteroatoms. The maximum atomic E-state index is 13.7. The topological polar surface area (TPSA) is 66.5 Å². The summed E-state index contributed by atoms with van der Waals surface area (Å²) in [6.07, 6.45) is 1.06. The minimum Gasteiger partial charge on any atom is -0.451 e. The third kappa shape index (κ3) is 1.84. The van der Waals surface area contributed by atoms with Gasteiger partial charge in [-0.2, -0.15) is 0 Å². The molecule has 0 bridgehead atoms. The molecule has 2 heterocycles. The third-order valence-electron chi connectivity index (χ3n) is 3.57. The Bertz CT molecular complexity index is 708. The summed E-state index contributed by atoms with van der Waals surface area (Å²) >= 11 is 0. The Balaban J connectivity index is 1.99. The van der Waals surface area contributed by atoms with E-state index in [1.54, 1.807) is 19.3 Å². The van der Waals surface area contributed by atoms with Gasteiger partial charge in [0.15, 0.2) is 6.10 Å². The van der Waals surface area contributed by atoms with E-state index in [1.165, 1.54) is 6.07 Å². The molecule has 5 nitrogen and oxygen atoms in total. The number of amides is 1. The molecule has 0 spiro atoms. The van der Waals surface area contributed by atoms with Crippen molar-refractivity contribution in [2.45, 2.75) is 18.9 Å². The summed E-state index contributed by atoms with van der Waals surface area (Å²) in [5, 5.41) is 3.32. The predicted octanol–water partition coefficient (Wildman–Crippen LogP) is 1.91. The van der Waals surface area contributed by atoms with Crippen molar-refractivity contribution in [3.8, 4) is 0 Å². The van der Waals surface area contributed by atoms with Gasteiger partial charge in [-0.3, -0.25) is 10.1 Å². The lowest BCUT2D eigenvalue weighted by Gasteiger charge is -2.15. The minimum atomic E-state index is -0.657. The number of fused-ring (bicyclic) bond motifs is 1. The van der Waals surface area contributed by atoms with Gasteiger partial charge in [0.05, 0.1) is 5.52 Å². The Hall–Kier alpha value is -2.37. The number of amidine groups is 1. The number of hydrogen-bond acceptors (Lipinski definition) is 3. The fourth-order valence-corrected chi connectivity index (χ4v) is 2.50. The second kappa shape index (κ2) is 4.63. The van der Waals surface area contributed by atoms with Crippen LogP contribution in [0, 0.1) is 5.82 Å². The number of benzene rings is 1. The van der Waals surface area contributed by atoms with Gasteiger partial charge in [-0.05, 0) is 11.6 Å². The number of aromatic amines is 1. The van der Waals surface area contributed by atoms with E-state index in [2.05, 4.69) is 15.3 Å². The quantitative estimate of drug-likeness (QED) is 0.879. The molecule has 1 aliphatic rings. The number of hydrogen-bond donors (Lipinski definition) is 2. The molecule has 1 amide bonds. The lowest BCUT2D eigenvalue weighted by molar-refractivity contribution is -0.124. The van der Waals surface area contributed by atoms with Gasteiger partial charge in [0.1, 0.15) is 5.82 Å². The summed E-state index contributed by atoms with van der Waals surface area (Å²) < 4.78 is 19.1. The number of ether oxygens (including phenoxy) is 1. The predicted molar refractivity (Wildman–Crippen MR) is 73.0 cm³/mol. The largest absolute Gasteiger partial charge is 0.451 e. The second-order valence-corrected chi connectivity index (χ2v) is 4.75. The number of carbonyl (C=O) groups excluding carboxylic acids is 1. The van der Waals surface area contributed by atoms with Crippen molar-refractivity contribution in [3.05, 3.63) is 35.8 Å². The Kier molecular flexibility index (Phi) is 2.93. The Morgan fingerprint density at radius 2 is 2.25 bits per heavy atom. The maximum absolute atomic E-state index is 13.7. The number of carbonyl (C=O) groups is 1. The smallest absolute Gasteiger partial charge is 0.292 e. The number of H-pyrrole nitrogens is 1. The molecule has 2 atom stereocenters. The number of nitrogens with one attached hydrogen (secondary N) is 2. The number of aromatic nitrogens is 1. The summed E-state index contributed by atoms with van der Waals surface area (Å²) in [4.78, 5) is 18.6. The first-order valence-corrected chi connectivity index (χ1v) is 6.31. The molecule has 1 saturated heterocycles. The molecule has 1 aromatic heterocycles. The van der Waals surface area contributed by atoms with Crippen molar-refractivity contribution in [2.75, 3.05) is 7.05 Å². The molecule has 0 aliphatic carbocycles. The Morgan fingerprint density at radius 3 is 2.95 bits per heavy atom. The lowest BCUT2D eigenvalue weighted by atomic mass is 9.94. The van der Waals surface area contributed by atoms with Crippen LogP contribution < -0.4 is 5.32 Å². The number of para-hydroxylation sites is 1. The Labute approximate surface area is 114 Å². The fourth-order valence-electron chi connectivity index (χ4n) is 2.50. The molecule has 1 aliphatic heterocycles. The van der Waals surface area contributed by atoms with Gasteiger partial charge < -0.3 is 9.72 Å². The van der Waals surface area contributed by atoms with Crippen LogP contribution in [0.1, 0.15) is 18.4 Å². The van der Waals surface area contributed by atoms with Gasteiger partial charge in [0, 0.05) is 24.5 Å². The van der Waals surface area contributed by atoms with Crippen molar-refractivity contribution in [3.63, 3.8) is 0 Å². The van der Waals surface area contributed by atoms with E-state index in [0.29, 0.717) is 5.52 Å². The van der Waals surface area contributed by atoms with Crippen LogP contribution >= 0.6 is 0 Å². The average molecular weight is 275 g/mol. The minimum absolute atomic E-state index is 0.218. The molecule has 1 aromatic carbocycles. The number of aliphatic imine (C=N–C) groups is 1. The van der Waals surface area contributed by atoms with Gasteiger partial charge in [-0.15, -0.1) is 0 Å². The van der Waals surface area contributed by atoms with Crippen molar-refractivity contribution in [1.82, 2.24) is 10.3 Å². The highest BCUT2D eigenvalue weighted by Crippen LogP contribution is 2.31. The first-order valence-electron chi connectivity index (χ1n) is 6.31. The third-order valence-corrected chi connectivity index (χ3v) is 3.57. The maximum Gasteiger partial charge on any atom is 0.292 e. The first-order chi connectivity index (χ1) is 9.61. The molecular formula is C14H14FN3O2. The van der Waals surface area contributed by atoms with Crippen LogP contribution in [0.3, 0.4) is 0 Å². The van der Waals surface area contributed by atoms with E-state index in [1.807, 2.05) is 13.0 Å². The average Bonchev–Trinajstić information content (AvgIpc) is 3.02. The number of nitrogens with zero attached hydrogens (tertiary/aromatic N) is 1. The van der Waals surface area contributed by atoms with Crippen LogP contribution in [-0.2, 0) is 9.53 Å². The highest BCUT2D eigenvalue weighted by atomic mass is 19.1. The summed E-state index contributed by atoms with van der Waals surface area (Å²) in [6, 6.07) is 5.09. The van der Waals surface area contributed by atoms with Crippen LogP contribution in [0.4, 0.5) is 4.39 Å². The zero-order valence-electron chi connectivity index (χ0n) is 11.1. The Morgan fingerprint density at radius 1 is 1.45 bits per heavy atom. The van der Waals surface area contributed by atoms with Gasteiger partial charge in [0.2, 0.25) is 0 Å². The molecule has 2 N–H and O–H groups in total. The summed E-state index contributed by atoms with van der Waals surface area (Å²) in [7, 11) is 1.55. The fraction of sp³-hybridized carbons (Fsp3) is 0.286. The van der Waals surface area contributed by atoms with Crippen LogP contribution in [0.2, 0.25) is 0 Å². The summed E-state index contributed by atoms with van der Waals surface area (Å²) in [5.41, 5.74) is 1.29. The number of halogens is 1. The van der Waals surface area contributed by atoms with Crippen LogP contribution in [0.25, 0.3) is 10.9 Å². The molecule has 0 radical (unpaired) electrons. The van der Waals surface area contributed by atoms with Gasteiger partial charge in [0.25, 0.3) is 11.9 Å². The molecular weight excluding hydrogens is 261 g/mol. The van der Waals surface area contributed by atoms with Crippen molar-refractivity contribution in [1.29, 1.82) is 0 Å². The molecule has 0 unspecified atom stereocenters. The first kappa shape index (κ1) is 12.7. The summed E-state index contributed by atoms with van der Waals surface area (Å²) in [6.45, 7) is 1.87. The molecule has 104 valence electrons. The van der Waals surface area contributed by atoms with Gasteiger partial charge >= 0.3 is 0 Å². The normalized spacial score (nSPS) is 22.1.